The predicted molar refractivity (Wildman–Crippen MR) is 44.4 cm³/mol. The molecule has 0 saturated carbocycles. The molecule has 2 nitrogen and oxygen atoms in total. The average molecular weight is 171 g/mol. The van der Waals surface area contributed by atoms with Crippen molar-refractivity contribution in [3.63, 3.8) is 0 Å². The molecule has 0 aromatic rings. The van der Waals surface area contributed by atoms with Crippen LogP contribution in [-0.4, -0.2) is 12.5 Å². The van der Waals surface area contributed by atoms with Crippen molar-refractivity contribution in [1.82, 2.24) is 5.32 Å². The average Bonchev–Trinajstić information content (AvgIpc) is 2.34. The number of carbonyl (C=O) groups excluding carboxylic acids is 1. The van der Waals surface area contributed by atoms with Crippen molar-refractivity contribution in [3.8, 4) is 0 Å². The van der Waals surface area contributed by atoms with Gasteiger partial charge in [0.15, 0.2) is 0 Å². The summed E-state index contributed by atoms with van der Waals surface area (Å²) >= 11 is 3.14. The highest BCUT2D eigenvalue weighted by molar-refractivity contribution is 8.13. The monoisotopic (exact) mass is 171 g/mol. The lowest BCUT2D eigenvalue weighted by atomic mass is 10.5. The first-order valence-corrected chi connectivity index (χ1v) is 4.63. The smallest absolute Gasteiger partial charge is 0.259 e. The van der Waals surface area contributed by atoms with E-state index >= 15 is 0 Å². The van der Waals surface area contributed by atoms with Gasteiger partial charge in [-0.05, 0) is 10.8 Å². The van der Waals surface area contributed by atoms with Crippen LogP contribution >= 0.6 is 23.5 Å². The third-order valence-corrected chi connectivity index (χ3v) is 3.47. The maximum absolute atomic E-state index is 11.0. The lowest BCUT2D eigenvalue weighted by Gasteiger charge is -2.01. The van der Waals surface area contributed by atoms with Gasteiger partial charge in [-0.3, -0.25) is 4.79 Å². The second-order valence-electron chi connectivity index (χ2n) is 1.94. The molecule has 1 amide bonds. The van der Waals surface area contributed by atoms with Crippen molar-refractivity contribution in [2.75, 3.05) is 6.54 Å². The van der Waals surface area contributed by atoms with Crippen LogP contribution < -0.4 is 5.32 Å². The molecular formula is C6H5NOS2. The molecule has 0 aromatic carbocycles. The Morgan fingerprint density at radius 1 is 1.40 bits per heavy atom. The third-order valence-electron chi connectivity index (χ3n) is 1.32. The molecule has 10 heavy (non-hydrogen) atoms. The van der Waals surface area contributed by atoms with Crippen LogP contribution in [0.25, 0.3) is 0 Å². The third kappa shape index (κ3) is 0.876. The summed E-state index contributed by atoms with van der Waals surface area (Å²) in [6.45, 7) is 0.718. The fourth-order valence-electron chi connectivity index (χ4n) is 0.868. The van der Waals surface area contributed by atoms with Gasteiger partial charge in [-0.2, -0.15) is 0 Å². The van der Waals surface area contributed by atoms with Crippen molar-refractivity contribution >= 4 is 29.4 Å². The van der Waals surface area contributed by atoms with Crippen molar-refractivity contribution in [2.24, 2.45) is 0 Å². The molecule has 0 bridgehead atoms. The van der Waals surface area contributed by atoms with E-state index in [2.05, 4.69) is 5.32 Å². The maximum Gasteiger partial charge on any atom is 0.259 e. The van der Waals surface area contributed by atoms with E-state index in [4.69, 9.17) is 0 Å². The van der Waals surface area contributed by atoms with Gasteiger partial charge in [-0.15, -0.1) is 0 Å². The first kappa shape index (κ1) is 6.37. The van der Waals surface area contributed by atoms with E-state index in [1.165, 1.54) is 11.8 Å². The summed E-state index contributed by atoms with van der Waals surface area (Å²) in [5.74, 6) is 0.0804. The Balaban J connectivity index is 2.31. The second kappa shape index (κ2) is 2.36. The van der Waals surface area contributed by atoms with Crippen LogP contribution in [0.1, 0.15) is 0 Å². The van der Waals surface area contributed by atoms with Gasteiger partial charge in [-0.1, -0.05) is 23.5 Å². The molecule has 2 heterocycles. The van der Waals surface area contributed by atoms with E-state index in [0.29, 0.717) is 0 Å². The number of carbonyl (C=O) groups is 1. The summed E-state index contributed by atoms with van der Waals surface area (Å²) in [6, 6.07) is 0. The van der Waals surface area contributed by atoms with Crippen LogP contribution in [0, 0.1) is 0 Å². The standard InChI is InChI=1S/C6H5NOS2/c8-6-5-4(3-7-6)9-1-2-10-5/h1-2H,3H2,(H,7,8). The topological polar surface area (TPSA) is 29.1 Å². The van der Waals surface area contributed by atoms with Gasteiger partial charge in [0.05, 0.1) is 11.4 Å². The number of hydrogen-bond donors (Lipinski definition) is 1. The lowest BCUT2D eigenvalue weighted by Crippen LogP contribution is -2.16. The highest BCUT2D eigenvalue weighted by Crippen LogP contribution is 2.37. The fraction of sp³-hybridized carbons (Fsp3) is 0.167. The van der Waals surface area contributed by atoms with E-state index in [1.807, 2.05) is 10.8 Å². The number of thioether (sulfide) groups is 2. The summed E-state index contributed by atoms with van der Waals surface area (Å²) in [4.78, 5) is 13.0. The van der Waals surface area contributed by atoms with Crippen molar-refractivity contribution < 1.29 is 4.79 Å². The van der Waals surface area contributed by atoms with Gasteiger partial charge < -0.3 is 5.32 Å². The van der Waals surface area contributed by atoms with Crippen LogP contribution in [0.5, 0.6) is 0 Å². The quantitative estimate of drug-likeness (QED) is 0.595. The summed E-state index contributed by atoms with van der Waals surface area (Å²) in [5, 5.41) is 6.71. The Morgan fingerprint density at radius 3 is 3.00 bits per heavy atom. The number of nitrogens with one attached hydrogen (secondary N) is 1. The van der Waals surface area contributed by atoms with E-state index in [0.717, 1.165) is 16.4 Å². The largest absolute Gasteiger partial charge is 0.347 e. The van der Waals surface area contributed by atoms with Gasteiger partial charge in [0.25, 0.3) is 5.91 Å². The summed E-state index contributed by atoms with van der Waals surface area (Å²) < 4.78 is 0. The molecule has 2 rings (SSSR count). The molecule has 4 heteroatoms. The Labute approximate surface area is 67.1 Å². The number of hydrogen-bond acceptors (Lipinski definition) is 3. The molecule has 0 saturated heterocycles. The van der Waals surface area contributed by atoms with Crippen LogP contribution in [0.3, 0.4) is 0 Å². The summed E-state index contributed by atoms with van der Waals surface area (Å²) in [7, 11) is 0. The van der Waals surface area contributed by atoms with Gasteiger partial charge in [0.1, 0.15) is 0 Å². The maximum atomic E-state index is 11.0. The Morgan fingerprint density at radius 2 is 2.20 bits per heavy atom. The molecule has 52 valence electrons. The summed E-state index contributed by atoms with van der Waals surface area (Å²) in [5.41, 5.74) is 0. The zero-order valence-corrected chi connectivity index (χ0v) is 6.72. The highest BCUT2D eigenvalue weighted by Gasteiger charge is 2.23. The fourth-order valence-corrected chi connectivity index (χ4v) is 2.64. The van der Waals surface area contributed by atoms with Crippen LogP contribution in [0.15, 0.2) is 20.6 Å². The lowest BCUT2D eigenvalue weighted by molar-refractivity contribution is -0.116. The molecule has 1 N–H and O–H groups in total. The minimum Gasteiger partial charge on any atom is -0.347 e. The Hall–Kier alpha value is -0.350. The second-order valence-corrected chi connectivity index (χ2v) is 3.86. The molecular weight excluding hydrogens is 166 g/mol. The minimum absolute atomic E-state index is 0.0804. The minimum atomic E-state index is 0.0804. The Kier molecular flexibility index (Phi) is 1.50. The number of amides is 1. The molecule has 0 atom stereocenters. The van der Waals surface area contributed by atoms with E-state index in [-0.39, 0.29) is 5.91 Å². The first-order chi connectivity index (χ1) is 4.88. The molecule has 0 aromatic heterocycles. The van der Waals surface area contributed by atoms with Gasteiger partial charge in [0.2, 0.25) is 0 Å². The zero-order chi connectivity index (χ0) is 6.97. The normalized spacial score (nSPS) is 23.0. The summed E-state index contributed by atoms with van der Waals surface area (Å²) in [6.07, 6.45) is 0. The highest BCUT2D eigenvalue weighted by atomic mass is 32.2. The Bertz CT molecular complexity index is 244. The SMILES string of the molecule is O=C1NCC2=C1SC=CS2. The van der Waals surface area contributed by atoms with Gasteiger partial charge in [0, 0.05) is 4.91 Å². The zero-order valence-electron chi connectivity index (χ0n) is 5.09. The molecule has 0 aliphatic carbocycles. The first-order valence-electron chi connectivity index (χ1n) is 2.87. The molecule has 0 spiro atoms. The van der Waals surface area contributed by atoms with Crippen LogP contribution in [0.2, 0.25) is 0 Å². The van der Waals surface area contributed by atoms with E-state index in [9.17, 15) is 4.79 Å². The van der Waals surface area contributed by atoms with E-state index in [1.54, 1.807) is 11.8 Å². The van der Waals surface area contributed by atoms with Crippen molar-refractivity contribution in [2.45, 2.75) is 0 Å². The van der Waals surface area contributed by atoms with E-state index < -0.39 is 0 Å². The predicted octanol–water partition coefficient (Wildman–Crippen LogP) is 1.28. The molecule has 0 fully saturated rings. The van der Waals surface area contributed by atoms with Crippen molar-refractivity contribution in [1.29, 1.82) is 0 Å². The molecule has 2 aliphatic rings. The molecule has 0 radical (unpaired) electrons. The molecule has 2 aliphatic heterocycles. The molecule has 0 unspecified atom stereocenters. The van der Waals surface area contributed by atoms with Crippen molar-refractivity contribution in [3.05, 3.63) is 20.6 Å². The van der Waals surface area contributed by atoms with Crippen LogP contribution in [-0.2, 0) is 4.79 Å². The number of rotatable bonds is 0. The van der Waals surface area contributed by atoms with Gasteiger partial charge in [-0.25, -0.2) is 0 Å². The van der Waals surface area contributed by atoms with Gasteiger partial charge >= 0.3 is 0 Å². The van der Waals surface area contributed by atoms with Crippen LogP contribution in [0.4, 0.5) is 0 Å².